The zero-order valence-electron chi connectivity index (χ0n) is 7.17. The van der Waals surface area contributed by atoms with Crippen molar-refractivity contribution >= 4 is 5.69 Å². The monoisotopic (exact) mass is 222 g/mol. The standard InChI is InChI=1S/C7H5F3N2O3/c8-7(9,10)2-4-1-5(12(14)15)3-11-6(4)13/h1,3H,2H2,(H,11,13). The minimum Gasteiger partial charge on any atom is -0.323 e. The molecule has 0 aliphatic carbocycles. The van der Waals surface area contributed by atoms with Gasteiger partial charge in [-0.15, -0.1) is 0 Å². The molecule has 8 heteroatoms. The molecule has 0 aliphatic rings. The van der Waals surface area contributed by atoms with Gasteiger partial charge in [0.1, 0.15) is 0 Å². The van der Waals surface area contributed by atoms with Gasteiger partial charge >= 0.3 is 6.18 Å². The second kappa shape index (κ2) is 3.71. The van der Waals surface area contributed by atoms with Crippen LogP contribution in [0, 0.1) is 10.1 Å². The maximum absolute atomic E-state index is 11.9. The molecule has 1 rings (SSSR count). The molecule has 0 aliphatic heterocycles. The zero-order chi connectivity index (χ0) is 11.6. The van der Waals surface area contributed by atoms with E-state index in [0.717, 1.165) is 6.20 Å². The third-order valence-electron chi connectivity index (χ3n) is 1.57. The molecule has 0 saturated heterocycles. The van der Waals surface area contributed by atoms with Gasteiger partial charge in [-0.3, -0.25) is 14.9 Å². The number of nitrogens with zero attached hydrogens (tertiary/aromatic N) is 1. The lowest BCUT2D eigenvalue weighted by atomic mass is 10.2. The van der Waals surface area contributed by atoms with Gasteiger partial charge in [0.05, 0.1) is 17.5 Å². The molecule has 1 aromatic heterocycles. The lowest BCUT2D eigenvalue weighted by Gasteiger charge is -2.04. The van der Waals surface area contributed by atoms with Gasteiger partial charge in [-0.2, -0.15) is 13.2 Å². The maximum Gasteiger partial charge on any atom is 0.393 e. The summed E-state index contributed by atoms with van der Waals surface area (Å²) in [4.78, 5) is 22.1. The van der Waals surface area contributed by atoms with E-state index in [9.17, 15) is 28.1 Å². The van der Waals surface area contributed by atoms with Crippen molar-refractivity contribution in [3.05, 3.63) is 38.3 Å². The molecule has 82 valence electrons. The first-order valence-corrected chi connectivity index (χ1v) is 3.72. The molecule has 5 nitrogen and oxygen atoms in total. The molecule has 0 bridgehead atoms. The first-order valence-electron chi connectivity index (χ1n) is 3.72. The van der Waals surface area contributed by atoms with Crippen LogP contribution in [0.5, 0.6) is 0 Å². The number of hydrogen-bond donors (Lipinski definition) is 1. The SMILES string of the molecule is O=c1[nH]cc([N+](=O)[O-])cc1CC(F)(F)F. The number of nitro groups is 1. The Kier molecular flexibility index (Phi) is 2.78. The number of nitrogens with one attached hydrogen (secondary N) is 1. The van der Waals surface area contributed by atoms with Gasteiger partial charge in [0.25, 0.3) is 11.2 Å². The molecule has 0 aromatic carbocycles. The fraction of sp³-hybridized carbons (Fsp3) is 0.286. The summed E-state index contributed by atoms with van der Waals surface area (Å²) in [5, 5.41) is 10.2. The minimum absolute atomic E-state index is 0.575. The Morgan fingerprint density at radius 1 is 1.47 bits per heavy atom. The summed E-state index contributed by atoms with van der Waals surface area (Å²) in [6.07, 6.45) is -5.30. The number of rotatable bonds is 2. The smallest absolute Gasteiger partial charge is 0.323 e. The number of pyridine rings is 1. The van der Waals surface area contributed by atoms with E-state index < -0.39 is 34.3 Å². The van der Waals surface area contributed by atoms with Gasteiger partial charge in [0.2, 0.25) is 0 Å². The van der Waals surface area contributed by atoms with Crippen molar-refractivity contribution in [2.75, 3.05) is 0 Å². The average Bonchev–Trinajstić information content (AvgIpc) is 2.06. The molecule has 1 heterocycles. The molecular weight excluding hydrogens is 217 g/mol. The van der Waals surface area contributed by atoms with Crippen LogP contribution in [-0.4, -0.2) is 16.1 Å². The predicted octanol–water partition coefficient (Wildman–Crippen LogP) is 1.39. The number of alkyl halides is 3. The summed E-state index contributed by atoms with van der Waals surface area (Å²) in [5.41, 5.74) is -2.22. The molecule has 0 fully saturated rings. The van der Waals surface area contributed by atoms with Crippen molar-refractivity contribution in [1.29, 1.82) is 0 Å². The van der Waals surface area contributed by atoms with Gasteiger partial charge in [-0.1, -0.05) is 0 Å². The van der Waals surface area contributed by atoms with Crippen LogP contribution in [0.1, 0.15) is 5.56 Å². The highest BCUT2D eigenvalue weighted by molar-refractivity contribution is 5.30. The van der Waals surface area contributed by atoms with Crippen LogP contribution in [0.4, 0.5) is 18.9 Å². The lowest BCUT2D eigenvalue weighted by Crippen LogP contribution is -2.20. The molecule has 0 unspecified atom stereocenters. The average molecular weight is 222 g/mol. The summed E-state index contributed by atoms with van der Waals surface area (Å²) in [5.74, 6) is 0. The Morgan fingerprint density at radius 2 is 2.07 bits per heavy atom. The van der Waals surface area contributed by atoms with E-state index >= 15 is 0 Å². The van der Waals surface area contributed by atoms with Crippen LogP contribution in [0.15, 0.2) is 17.1 Å². The summed E-state index contributed by atoms with van der Waals surface area (Å²) in [6.45, 7) is 0. The molecule has 0 radical (unpaired) electrons. The third-order valence-corrected chi connectivity index (χ3v) is 1.57. The van der Waals surface area contributed by atoms with Crippen molar-refractivity contribution in [1.82, 2.24) is 4.98 Å². The van der Waals surface area contributed by atoms with Crippen LogP contribution in [-0.2, 0) is 6.42 Å². The van der Waals surface area contributed by atoms with Gasteiger partial charge in [-0.25, -0.2) is 0 Å². The van der Waals surface area contributed by atoms with E-state index in [0.29, 0.717) is 6.07 Å². The van der Waals surface area contributed by atoms with E-state index in [2.05, 4.69) is 0 Å². The Morgan fingerprint density at radius 3 is 2.53 bits per heavy atom. The van der Waals surface area contributed by atoms with Crippen molar-refractivity contribution in [2.24, 2.45) is 0 Å². The maximum atomic E-state index is 11.9. The number of aromatic amines is 1. The van der Waals surface area contributed by atoms with Crippen LogP contribution >= 0.6 is 0 Å². The minimum atomic E-state index is -4.57. The quantitative estimate of drug-likeness (QED) is 0.606. The summed E-state index contributed by atoms with van der Waals surface area (Å²) in [6, 6.07) is 0.617. The van der Waals surface area contributed by atoms with Gasteiger partial charge < -0.3 is 4.98 Å². The Balaban J connectivity index is 3.12. The van der Waals surface area contributed by atoms with Crippen molar-refractivity contribution in [2.45, 2.75) is 12.6 Å². The second-order valence-electron chi connectivity index (χ2n) is 2.76. The molecule has 1 N–H and O–H groups in total. The zero-order valence-corrected chi connectivity index (χ0v) is 7.17. The first-order chi connectivity index (χ1) is 6.79. The fourth-order valence-corrected chi connectivity index (χ4v) is 0.971. The summed E-state index contributed by atoms with van der Waals surface area (Å²) < 4.78 is 35.8. The molecular formula is C7H5F3N2O3. The highest BCUT2D eigenvalue weighted by Crippen LogP contribution is 2.20. The van der Waals surface area contributed by atoms with E-state index in [1.807, 2.05) is 4.98 Å². The largest absolute Gasteiger partial charge is 0.393 e. The van der Waals surface area contributed by atoms with Crippen LogP contribution < -0.4 is 5.56 Å². The van der Waals surface area contributed by atoms with E-state index in [4.69, 9.17) is 0 Å². The molecule has 15 heavy (non-hydrogen) atoms. The normalized spacial score (nSPS) is 11.4. The molecule has 0 saturated carbocycles. The third kappa shape index (κ3) is 3.08. The van der Waals surface area contributed by atoms with Crippen LogP contribution in [0.3, 0.4) is 0 Å². The van der Waals surface area contributed by atoms with E-state index in [1.165, 1.54) is 0 Å². The Bertz CT molecular complexity index is 438. The number of hydrogen-bond acceptors (Lipinski definition) is 3. The molecule has 0 spiro atoms. The Hall–Kier alpha value is -1.86. The fourth-order valence-electron chi connectivity index (χ4n) is 0.971. The highest BCUT2D eigenvalue weighted by atomic mass is 19.4. The lowest BCUT2D eigenvalue weighted by molar-refractivity contribution is -0.385. The van der Waals surface area contributed by atoms with Crippen molar-refractivity contribution < 1.29 is 18.1 Å². The first kappa shape index (κ1) is 11.2. The number of halogens is 3. The van der Waals surface area contributed by atoms with Crippen molar-refractivity contribution in [3.63, 3.8) is 0 Å². The molecule has 0 atom stereocenters. The van der Waals surface area contributed by atoms with E-state index in [-0.39, 0.29) is 0 Å². The van der Waals surface area contributed by atoms with Gasteiger partial charge in [0, 0.05) is 11.6 Å². The summed E-state index contributed by atoms with van der Waals surface area (Å²) in [7, 11) is 0. The number of aromatic nitrogens is 1. The van der Waals surface area contributed by atoms with Crippen LogP contribution in [0.2, 0.25) is 0 Å². The molecule has 1 aromatic rings. The van der Waals surface area contributed by atoms with Crippen molar-refractivity contribution in [3.8, 4) is 0 Å². The second-order valence-corrected chi connectivity index (χ2v) is 2.76. The predicted molar refractivity (Wildman–Crippen MR) is 43.5 cm³/mol. The topological polar surface area (TPSA) is 76.0 Å². The van der Waals surface area contributed by atoms with Crippen LogP contribution in [0.25, 0.3) is 0 Å². The van der Waals surface area contributed by atoms with E-state index in [1.54, 1.807) is 0 Å². The van der Waals surface area contributed by atoms with Gasteiger partial charge in [0.15, 0.2) is 0 Å². The summed E-state index contributed by atoms with van der Waals surface area (Å²) >= 11 is 0. The van der Waals surface area contributed by atoms with Gasteiger partial charge in [-0.05, 0) is 0 Å². The number of H-pyrrole nitrogens is 1. The molecule has 0 amide bonds. The Labute approximate surface area is 80.7 Å². The highest BCUT2D eigenvalue weighted by Gasteiger charge is 2.29.